The lowest BCUT2D eigenvalue weighted by molar-refractivity contribution is -0.113. The van der Waals surface area contributed by atoms with E-state index in [0.717, 1.165) is 5.69 Å². The fraction of sp³-hybridized carbons (Fsp3) is 0.120. The lowest BCUT2D eigenvalue weighted by Crippen LogP contribution is -2.31. The fourth-order valence-electron chi connectivity index (χ4n) is 2.96. The fourth-order valence-corrected chi connectivity index (χ4v) is 3.14. The molecule has 3 aromatic carbocycles. The minimum Gasteiger partial charge on any atom is -0.378 e. The van der Waals surface area contributed by atoms with Gasteiger partial charge in [0.2, 0.25) is 0 Å². The normalized spacial score (nSPS) is 11.1. The van der Waals surface area contributed by atoms with E-state index >= 15 is 0 Å². The SMILES string of the molecule is Cc1c(Cl)cccc1NC(=O)C(=Cc1ccc(N(C)C)cc1)NC(=O)c1ccccc1F. The number of halogens is 2. The molecule has 32 heavy (non-hydrogen) atoms. The van der Waals surface area contributed by atoms with Crippen LogP contribution in [-0.4, -0.2) is 25.9 Å². The highest BCUT2D eigenvalue weighted by Gasteiger charge is 2.18. The number of nitrogens with zero attached hydrogens (tertiary/aromatic N) is 1. The number of nitrogens with one attached hydrogen (secondary N) is 2. The molecular weight excluding hydrogens is 429 g/mol. The van der Waals surface area contributed by atoms with Crippen LogP contribution in [-0.2, 0) is 4.79 Å². The summed E-state index contributed by atoms with van der Waals surface area (Å²) in [6.45, 7) is 1.78. The summed E-state index contributed by atoms with van der Waals surface area (Å²) >= 11 is 6.15. The Balaban J connectivity index is 1.94. The minimum absolute atomic E-state index is 0.0322. The van der Waals surface area contributed by atoms with E-state index in [0.29, 0.717) is 21.8 Å². The monoisotopic (exact) mass is 451 g/mol. The van der Waals surface area contributed by atoms with Gasteiger partial charge in [-0.1, -0.05) is 41.9 Å². The zero-order valence-corrected chi connectivity index (χ0v) is 18.7. The third kappa shape index (κ3) is 5.53. The number of benzene rings is 3. The van der Waals surface area contributed by atoms with Crippen LogP contribution in [0.25, 0.3) is 6.08 Å². The second kappa shape index (κ2) is 10.1. The highest BCUT2D eigenvalue weighted by molar-refractivity contribution is 6.31. The first-order chi connectivity index (χ1) is 15.3. The Labute approximate surface area is 191 Å². The van der Waals surface area contributed by atoms with Gasteiger partial charge in [-0.15, -0.1) is 0 Å². The zero-order valence-electron chi connectivity index (χ0n) is 17.9. The van der Waals surface area contributed by atoms with Crippen LogP contribution in [0, 0.1) is 12.7 Å². The molecule has 0 fully saturated rings. The van der Waals surface area contributed by atoms with Crippen LogP contribution >= 0.6 is 11.6 Å². The molecule has 2 N–H and O–H groups in total. The first-order valence-corrected chi connectivity index (χ1v) is 10.3. The van der Waals surface area contributed by atoms with E-state index in [4.69, 9.17) is 11.6 Å². The molecule has 0 saturated heterocycles. The molecule has 7 heteroatoms. The van der Waals surface area contributed by atoms with Crippen LogP contribution in [0.5, 0.6) is 0 Å². The first-order valence-electron chi connectivity index (χ1n) is 9.87. The lowest BCUT2D eigenvalue weighted by Gasteiger charge is -2.14. The molecule has 2 amide bonds. The molecule has 0 aromatic heterocycles. The summed E-state index contributed by atoms with van der Waals surface area (Å²) < 4.78 is 14.1. The van der Waals surface area contributed by atoms with Crippen molar-refractivity contribution in [3.8, 4) is 0 Å². The third-order valence-electron chi connectivity index (χ3n) is 4.85. The van der Waals surface area contributed by atoms with Crippen molar-refractivity contribution in [3.05, 3.63) is 100.0 Å². The summed E-state index contributed by atoms with van der Waals surface area (Å²) in [6.07, 6.45) is 1.54. The van der Waals surface area contributed by atoms with Crippen LogP contribution < -0.4 is 15.5 Å². The van der Waals surface area contributed by atoms with Gasteiger partial charge in [-0.25, -0.2) is 4.39 Å². The average molecular weight is 452 g/mol. The maximum absolute atomic E-state index is 14.1. The summed E-state index contributed by atoms with van der Waals surface area (Å²) in [5.41, 5.74) is 2.69. The maximum atomic E-state index is 14.1. The zero-order chi connectivity index (χ0) is 23.3. The van der Waals surface area contributed by atoms with Gasteiger partial charge in [0, 0.05) is 30.5 Å². The van der Waals surface area contributed by atoms with E-state index in [-0.39, 0.29) is 11.3 Å². The summed E-state index contributed by atoms with van der Waals surface area (Å²) in [5, 5.41) is 5.81. The van der Waals surface area contributed by atoms with Crippen molar-refractivity contribution in [2.24, 2.45) is 0 Å². The van der Waals surface area contributed by atoms with Crippen molar-refractivity contribution in [1.82, 2.24) is 5.32 Å². The van der Waals surface area contributed by atoms with Crippen molar-refractivity contribution in [3.63, 3.8) is 0 Å². The van der Waals surface area contributed by atoms with Crippen LogP contribution in [0.2, 0.25) is 5.02 Å². The summed E-state index contributed by atoms with van der Waals surface area (Å²) in [4.78, 5) is 27.7. The van der Waals surface area contributed by atoms with Crippen molar-refractivity contribution in [2.75, 3.05) is 24.3 Å². The van der Waals surface area contributed by atoms with Gasteiger partial charge < -0.3 is 15.5 Å². The molecule has 164 valence electrons. The van der Waals surface area contributed by atoms with Crippen LogP contribution in [0.1, 0.15) is 21.5 Å². The van der Waals surface area contributed by atoms with Gasteiger partial charge in [0.25, 0.3) is 11.8 Å². The second-order valence-electron chi connectivity index (χ2n) is 7.34. The first kappa shape index (κ1) is 23.0. The summed E-state index contributed by atoms with van der Waals surface area (Å²) in [6, 6.07) is 18.2. The molecule has 0 aliphatic heterocycles. The smallest absolute Gasteiger partial charge is 0.272 e. The number of rotatable bonds is 6. The predicted octanol–water partition coefficient (Wildman–Crippen LogP) is 5.26. The molecule has 0 atom stereocenters. The predicted molar refractivity (Wildman–Crippen MR) is 127 cm³/mol. The molecule has 0 heterocycles. The van der Waals surface area contributed by atoms with Crippen LogP contribution in [0.4, 0.5) is 15.8 Å². The number of anilines is 2. The molecular formula is C25H23ClFN3O2. The van der Waals surface area contributed by atoms with E-state index in [1.165, 1.54) is 24.3 Å². The Kier molecular flexibility index (Phi) is 7.28. The Morgan fingerprint density at radius 3 is 2.31 bits per heavy atom. The van der Waals surface area contributed by atoms with Crippen molar-refractivity contribution >= 4 is 40.9 Å². The van der Waals surface area contributed by atoms with Gasteiger partial charge >= 0.3 is 0 Å². The Hall–Kier alpha value is -3.64. The molecule has 0 unspecified atom stereocenters. The van der Waals surface area contributed by atoms with Gasteiger partial charge in [0.05, 0.1) is 5.56 Å². The molecule has 3 aromatic rings. The van der Waals surface area contributed by atoms with Crippen molar-refractivity contribution in [2.45, 2.75) is 6.92 Å². The van der Waals surface area contributed by atoms with Gasteiger partial charge in [0.15, 0.2) is 0 Å². The highest BCUT2D eigenvalue weighted by Crippen LogP contribution is 2.23. The van der Waals surface area contributed by atoms with Crippen molar-refractivity contribution < 1.29 is 14.0 Å². The van der Waals surface area contributed by atoms with Gasteiger partial charge in [-0.3, -0.25) is 9.59 Å². The van der Waals surface area contributed by atoms with Crippen LogP contribution in [0.3, 0.4) is 0 Å². The van der Waals surface area contributed by atoms with Crippen molar-refractivity contribution in [1.29, 1.82) is 0 Å². The lowest BCUT2D eigenvalue weighted by atomic mass is 10.1. The van der Waals surface area contributed by atoms with E-state index in [1.807, 2.05) is 43.3 Å². The number of hydrogen-bond acceptors (Lipinski definition) is 3. The third-order valence-corrected chi connectivity index (χ3v) is 5.26. The number of hydrogen-bond donors (Lipinski definition) is 2. The Morgan fingerprint density at radius 2 is 1.66 bits per heavy atom. The largest absolute Gasteiger partial charge is 0.378 e. The summed E-state index contributed by atoms with van der Waals surface area (Å²) in [7, 11) is 3.84. The van der Waals surface area contributed by atoms with E-state index in [9.17, 15) is 14.0 Å². The second-order valence-corrected chi connectivity index (χ2v) is 7.75. The highest BCUT2D eigenvalue weighted by atomic mass is 35.5. The number of carbonyl (C=O) groups excluding carboxylic acids is 2. The molecule has 3 rings (SSSR count). The minimum atomic E-state index is -0.725. The molecule has 5 nitrogen and oxygen atoms in total. The molecule has 0 aliphatic rings. The van der Waals surface area contributed by atoms with E-state index in [1.54, 1.807) is 31.2 Å². The van der Waals surface area contributed by atoms with Gasteiger partial charge in [-0.2, -0.15) is 0 Å². The number of amides is 2. The standard InChI is InChI=1S/C25H23ClFN3O2/c1-16-20(26)8-6-10-22(16)28-25(32)23(15-17-11-13-18(14-12-17)30(2)3)29-24(31)19-7-4-5-9-21(19)27/h4-15H,1-3H3,(H,28,32)(H,29,31). The molecule has 0 aliphatic carbocycles. The van der Waals surface area contributed by atoms with E-state index < -0.39 is 17.6 Å². The maximum Gasteiger partial charge on any atom is 0.272 e. The molecule has 0 radical (unpaired) electrons. The van der Waals surface area contributed by atoms with Gasteiger partial charge in [-0.05, 0) is 60.5 Å². The molecule has 0 saturated carbocycles. The molecule has 0 spiro atoms. The average Bonchev–Trinajstić information content (AvgIpc) is 2.77. The van der Waals surface area contributed by atoms with Crippen LogP contribution in [0.15, 0.2) is 72.4 Å². The quantitative estimate of drug-likeness (QED) is 0.502. The van der Waals surface area contributed by atoms with Gasteiger partial charge in [0.1, 0.15) is 11.5 Å². The van der Waals surface area contributed by atoms with E-state index in [2.05, 4.69) is 10.6 Å². The molecule has 0 bridgehead atoms. The topological polar surface area (TPSA) is 61.4 Å². The Bertz CT molecular complexity index is 1170. The summed E-state index contributed by atoms with van der Waals surface area (Å²) in [5.74, 6) is -1.96. The number of carbonyl (C=O) groups is 2. The Morgan fingerprint density at radius 1 is 0.969 bits per heavy atom.